The third kappa shape index (κ3) is 3.78. The predicted octanol–water partition coefficient (Wildman–Crippen LogP) is -1.21. The summed E-state index contributed by atoms with van der Waals surface area (Å²) in [6.45, 7) is 2.20. The second kappa shape index (κ2) is 8.71. The average Bonchev–Trinajstić information content (AvgIpc) is 2.82. The fraction of sp³-hybridized carbons (Fsp3) is 0.118. The summed E-state index contributed by atoms with van der Waals surface area (Å²) in [5, 5.41) is 2.72. The number of aryl methyl sites for hydroxylation is 1. The first-order valence-corrected chi connectivity index (χ1v) is 6.12. The molecular weight excluding hydrogens is 454 g/mol. The third-order valence-corrected chi connectivity index (χ3v) is 3.30. The van der Waals surface area contributed by atoms with Gasteiger partial charge in [0.15, 0.2) is 0 Å². The van der Waals surface area contributed by atoms with Gasteiger partial charge in [0.25, 0.3) is 0 Å². The molecule has 104 valence electrons. The fourth-order valence-corrected chi connectivity index (χ4v) is 2.37. The first-order valence-electron chi connectivity index (χ1n) is 6.12. The molecule has 0 radical (unpaired) electrons. The van der Waals surface area contributed by atoms with Gasteiger partial charge in [0.05, 0.1) is 0 Å². The number of fused-ring (bicyclic) bond motifs is 1. The van der Waals surface area contributed by atoms with E-state index in [9.17, 15) is 0 Å². The van der Waals surface area contributed by atoms with E-state index < -0.39 is 0 Å². The average molecular weight is 469 g/mol. The Morgan fingerprint density at radius 1 is 0.900 bits per heavy atom. The van der Waals surface area contributed by atoms with Gasteiger partial charge in [-0.25, -0.2) is 0 Å². The molecule has 0 bridgehead atoms. The van der Waals surface area contributed by atoms with Crippen LogP contribution in [0, 0.1) is 0 Å². The molecule has 0 nitrogen and oxygen atoms in total. The van der Waals surface area contributed by atoms with E-state index in [1.54, 1.807) is 0 Å². The molecule has 0 aliphatic heterocycles. The van der Waals surface area contributed by atoms with Crippen LogP contribution >= 0.6 is 0 Å². The molecule has 0 saturated carbocycles. The van der Waals surface area contributed by atoms with Gasteiger partial charge in [-0.2, -0.15) is 6.07 Å². The van der Waals surface area contributed by atoms with Gasteiger partial charge in [-0.1, -0.05) is 48.9 Å². The summed E-state index contributed by atoms with van der Waals surface area (Å²) in [6, 6.07) is 21.8. The van der Waals surface area contributed by atoms with E-state index in [2.05, 4.69) is 67.6 Å². The summed E-state index contributed by atoms with van der Waals surface area (Å²) in [4.78, 5) is 0. The molecule has 3 aromatic rings. The van der Waals surface area contributed by atoms with Crippen molar-refractivity contribution in [2.45, 2.75) is 13.3 Å². The number of hydrogen-bond acceptors (Lipinski definition) is 0. The first-order chi connectivity index (χ1) is 8.38. The zero-order chi connectivity index (χ0) is 11.7. The maximum Gasteiger partial charge on any atom is 0 e. The van der Waals surface area contributed by atoms with Crippen molar-refractivity contribution in [3.63, 3.8) is 0 Å². The number of rotatable bonds is 2. The summed E-state index contributed by atoms with van der Waals surface area (Å²) in [7, 11) is 0. The molecule has 0 aliphatic rings. The Bertz CT molecular complexity index is 644. The van der Waals surface area contributed by atoms with Crippen LogP contribution in [0.5, 0.6) is 0 Å². The first kappa shape index (κ1) is 19.5. The standard InChI is InChI=1S/C17H15.2ClH.Hf/c1-2-13-11-15-9-6-10-16(17(15)12-13)14-7-4-3-5-8-14;;;/h3-12H,2H2,1H3;2*1H;/q-1;;;/p-2. The van der Waals surface area contributed by atoms with Gasteiger partial charge in [0.2, 0.25) is 0 Å². The monoisotopic (exact) mass is 469 g/mol. The van der Waals surface area contributed by atoms with Crippen molar-refractivity contribution in [3.05, 3.63) is 66.2 Å². The smallest absolute Gasteiger partial charge is 0 e. The maximum atomic E-state index is 2.32. The van der Waals surface area contributed by atoms with Gasteiger partial charge >= 0.3 is 0 Å². The van der Waals surface area contributed by atoms with Crippen LogP contribution in [0.2, 0.25) is 0 Å². The molecule has 20 heavy (non-hydrogen) atoms. The maximum absolute atomic E-state index is 2.32. The SMILES string of the molecule is CCc1cc2c(-c3ccccc3)cccc2[cH-]1.[Cl-].[Cl-].[Hf]. The second-order valence-corrected chi connectivity index (χ2v) is 4.39. The minimum Gasteiger partial charge on any atom is -1.00 e. The van der Waals surface area contributed by atoms with Crippen LogP contribution in [0.1, 0.15) is 12.5 Å². The molecule has 0 N–H and O–H groups in total. The van der Waals surface area contributed by atoms with Gasteiger partial charge in [-0.15, -0.1) is 34.5 Å². The van der Waals surface area contributed by atoms with E-state index in [1.807, 2.05) is 0 Å². The van der Waals surface area contributed by atoms with E-state index in [1.165, 1.54) is 27.5 Å². The van der Waals surface area contributed by atoms with Crippen LogP contribution in [0.25, 0.3) is 21.9 Å². The number of halogens is 2. The van der Waals surface area contributed by atoms with Crippen molar-refractivity contribution in [2.24, 2.45) is 0 Å². The quantitative estimate of drug-likeness (QED) is 0.327. The van der Waals surface area contributed by atoms with Crippen molar-refractivity contribution in [2.75, 3.05) is 0 Å². The van der Waals surface area contributed by atoms with Crippen LogP contribution in [-0.4, -0.2) is 0 Å². The molecule has 0 aromatic heterocycles. The summed E-state index contributed by atoms with van der Waals surface area (Å²) in [5.74, 6) is 0. The minimum atomic E-state index is 0. The van der Waals surface area contributed by atoms with Gasteiger partial charge in [-0.05, 0) is 12.0 Å². The second-order valence-electron chi connectivity index (χ2n) is 4.39. The Kier molecular flexibility index (Phi) is 8.50. The van der Waals surface area contributed by atoms with Crippen LogP contribution in [0.3, 0.4) is 0 Å². The Morgan fingerprint density at radius 2 is 1.60 bits per heavy atom. The molecule has 0 spiro atoms. The molecule has 0 atom stereocenters. The molecule has 3 rings (SSSR count). The zero-order valence-electron chi connectivity index (χ0n) is 11.2. The van der Waals surface area contributed by atoms with Crippen molar-refractivity contribution in [3.8, 4) is 11.1 Å². The third-order valence-electron chi connectivity index (χ3n) is 3.30. The van der Waals surface area contributed by atoms with E-state index in [4.69, 9.17) is 0 Å². The molecule has 0 unspecified atom stereocenters. The van der Waals surface area contributed by atoms with Crippen molar-refractivity contribution in [1.29, 1.82) is 0 Å². The summed E-state index contributed by atoms with van der Waals surface area (Å²) in [6.07, 6.45) is 1.10. The van der Waals surface area contributed by atoms with Crippen LogP contribution < -0.4 is 24.8 Å². The number of hydrogen-bond donors (Lipinski definition) is 0. The number of benzene rings is 2. The normalized spacial score (nSPS) is 9.25. The molecule has 3 heteroatoms. The summed E-state index contributed by atoms with van der Waals surface area (Å²) < 4.78 is 0. The van der Waals surface area contributed by atoms with Gasteiger partial charge < -0.3 is 24.8 Å². The van der Waals surface area contributed by atoms with E-state index in [-0.39, 0.29) is 50.7 Å². The minimum absolute atomic E-state index is 0. The van der Waals surface area contributed by atoms with Crippen molar-refractivity contribution >= 4 is 10.8 Å². The molecule has 0 aliphatic carbocycles. The van der Waals surface area contributed by atoms with Gasteiger partial charge in [-0.3, -0.25) is 0 Å². The Labute approximate surface area is 151 Å². The summed E-state index contributed by atoms with van der Waals surface area (Å²) >= 11 is 0. The topological polar surface area (TPSA) is 0 Å². The Hall–Kier alpha value is -0.500. The van der Waals surface area contributed by atoms with Crippen LogP contribution in [0.15, 0.2) is 60.7 Å². The van der Waals surface area contributed by atoms with E-state index in [0.29, 0.717) is 0 Å². The molecule has 3 aromatic carbocycles. The van der Waals surface area contributed by atoms with Crippen molar-refractivity contribution in [1.82, 2.24) is 0 Å². The molecule has 0 amide bonds. The van der Waals surface area contributed by atoms with Gasteiger partial charge in [0, 0.05) is 25.8 Å². The molecule has 0 fully saturated rings. The molecule has 0 saturated heterocycles. The Morgan fingerprint density at radius 3 is 2.25 bits per heavy atom. The van der Waals surface area contributed by atoms with E-state index in [0.717, 1.165) is 6.42 Å². The Balaban J connectivity index is 0.00000120. The van der Waals surface area contributed by atoms with Crippen LogP contribution in [-0.2, 0) is 32.3 Å². The molecular formula is C17H15Cl2Hf-3. The van der Waals surface area contributed by atoms with E-state index >= 15 is 0 Å². The van der Waals surface area contributed by atoms with Crippen molar-refractivity contribution < 1.29 is 50.7 Å². The molecule has 0 heterocycles. The van der Waals surface area contributed by atoms with Gasteiger partial charge in [0.1, 0.15) is 0 Å². The summed E-state index contributed by atoms with van der Waals surface area (Å²) in [5.41, 5.74) is 4.05. The van der Waals surface area contributed by atoms with Crippen LogP contribution in [0.4, 0.5) is 0 Å². The zero-order valence-corrected chi connectivity index (χ0v) is 16.3. The fourth-order valence-electron chi connectivity index (χ4n) is 2.37. The predicted molar refractivity (Wildman–Crippen MR) is 74.4 cm³/mol. The largest absolute Gasteiger partial charge is 1.00 e.